The van der Waals surface area contributed by atoms with Gasteiger partial charge in [-0.25, -0.2) is 9.97 Å². The van der Waals surface area contributed by atoms with Crippen LogP contribution < -0.4 is 20.1 Å². The van der Waals surface area contributed by atoms with E-state index in [-0.39, 0.29) is 30.1 Å². The maximum Gasteiger partial charge on any atom is 0.220 e. The second-order valence-electron chi connectivity index (χ2n) is 13.7. The molecule has 9 nitrogen and oxygen atoms in total. The highest BCUT2D eigenvalue weighted by Crippen LogP contribution is 2.47. The molecule has 4 aromatic rings. The number of aryl methyl sites for hydroxylation is 2. The molecule has 8 rings (SSSR count). The first kappa shape index (κ1) is 33.4. The third-order valence-corrected chi connectivity index (χ3v) is 11.7. The molecule has 2 fully saturated rings. The van der Waals surface area contributed by atoms with Crippen molar-refractivity contribution in [2.75, 3.05) is 41.0 Å². The fraction of sp³-hybridized carbons (Fsp3) is 0.410. The SMILES string of the molecule is COc1nc(-c2cccc(-c3cccc(-c4cc5c(c(OC)n4)C(N4CC(OC)C4)CC5)c3Cl)c2Cl)cc2c1C(NCC1CCC(=O)N1)CC2. The second-order valence-corrected chi connectivity index (χ2v) is 14.4. The third kappa shape index (κ3) is 5.93. The highest BCUT2D eigenvalue weighted by molar-refractivity contribution is 6.39. The van der Waals surface area contributed by atoms with Gasteiger partial charge in [0.2, 0.25) is 17.7 Å². The molecule has 260 valence electrons. The number of fused-ring (bicyclic) bond motifs is 2. The molecule has 0 bridgehead atoms. The molecule has 3 unspecified atom stereocenters. The standard InChI is InChI=1S/C39H41Cl2N5O4/c1-48-24-19-46(20-24)32-14-11-22-17-31(45-39(50-3)35(22)32)28-9-5-7-26(37(28)41)25-6-4-8-27(36(25)40)30-16-21-10-13-29(34(21)38(44-30)49-2)42-18-23-12-15-33(47)43-23/h4-9,16-17,23-24,29,32,42H,10-15,18-20H2,1-3H3,(H,43,47). The van der Waals surface area contributed by atoms with E-state index in [2.05, 4.69) is 27.7 Å². The van der Waals surface area contributed by atoms with Crippen molar-refractivity contribution >= 4 is 29.1 Å². The van der Waals surface area contributed by atoms with Gasteiger partial charge in [0.05, 0.1) is 41.8 Å². The number of hydrogen-bond acceptors (Lipinski definition) is 8. The van der Waals surface area contributed by atoms with Gasteiger partial charge in [-0.15, -0.1) is 0 Å². The van der Waals surface area contributed by atoms with Crippen LogP contribution in [0.1, 0.15) is 60.0 Å². The lowest BCUT2D eigenvalue weighted by atomic mass is 9.96. The summed E-state index contributed by atoms with van der Waals surface area (Å²) in [6.07, 6.45) is 5.55. The van der Waals surface area contributed by atoms with Crippen LogP contribution >= 0.6 is 23.2 Å². The van der Waals surface area contributed by atoms with Crippen LogP contribution in [0.2, 0.25) is 10.0 Å². The molecule has 3 atom stereocenters. The Bertz CT molecular complexity index is 1970. The lowest BCUT2D eigenvalue weighted by molar-refractivity contribution is -0.119. The van der Waals surface area contributed by atoms with Crippen LogP contribution in [-0.4, -0.2) is 73.9 Å². The molecule has 11 heteroatoms. The Morgan fingerprint density at radius 3 is 1.96 bits per heavy atom. The minimum absolute atomic E-state index is 0.110. The van der Waals surface area contributed by atoms with Gasteiger partial charge in [0.15, 0.2) is 0 Å². The predicted octanol–water partition coefficient (Wildman–Crippen LogP) is 6.98. The van der Waals surface area contributed by atoms with Gasteiger partial charge < -0.3 is 24.8 Å². The number of rotatable bonds is 10. The van der Waals surface area contributed by atoms with Crippen molar-refractivity contribution in [1.29, 1.82) is 0 Å². The first-order chi connectivity index (χ1) is 24.4. The molecular formula is C39H41Cl2N5O4. The normalized spacial score (nSPS) is 21.5. The van der Waals surface area contributed by atoms with E-state index in [4.69, 9.17) is 47.4 Å². The molecule has 0 spiro atoms. The molecule has 2 saturated heterocycles. The molecule has 0 saturated carbocycles. The summed E-state index contributed by atoms with van der Waals surface area (Å²) < 4.78 is 17.3. The summed E-state index contributed by atoms with van der Waals surface area (Å²) in [5.41, 5.74) is 9.49. The number of aromatic nitrogens is 2. The number of carbonyl (C=O) groups excluding carboxylic acids is 1. The molecule has 1 amide bonds. The van der Waals surface area contributed by atoms with Gasteiger partial charge in [0.1, 0.15) is 0 Å². The average Bonchev–Trinajstić information content (AvgIpc) is 3.85. The van der Waals surface area contributed by atoms with Crippen LogP contribution in [0, 0.1) is 0 Å². The zero-order valence-electron chi connectivity index (χ0n) is 28.5. The molecule has 2 aliphatic heterocycles. The maximum atomic E-state index is 11.7. The highest BCUT2D eigenvalue weighted by atomic mass is 35.5. The minimum Gasteiger partial charge on any atom is -0.481 e. The number of likely N-dealkylation sites (tertiary alicyclic amines) is 1. The van der Waals surface area contributed by atoms with Crippen LogP contribution in [0.3, 0.4) is 0 Å². The smallest absolute Gasteiger partial charge is 0.220 e. The summed E-state index contributed by atoms with van der Waals surface area (Å²) in [5, 5.41) is 7.83. The summed E-state index contributed by atoms with van der Waals surface area (Å²) in [6.45, 7) is 2.57. The Kier molecular flexibility index (Phi) is 9.20. The molecule has 2 aromatic carbocycles. The Hall–Kier alpha value is -3.73. The fourth-order valence-corrected chi connectivity index (χ4v) is 8.86. The van der Waals surface area contributed by atoms with E-state index in [9.17, 15) is 4.79 Å². The van der Waals surface area contributed by atoms with E-state index < -0.39 is 0 Å². The van der Waals surface area contributed by atoms with Gasteiger partial charge >= 0.3 is 0 Å². The van der Waals surface area contributed by atoms with E-state index in [1.807, 2.05) is 36.4 Å². The van der Waals surface area contributed by atoms with Crippen LogP contribution in [0.4, 0.5) is 0 Å². The summed E-state index contributed by atoms with van der Waals surface area (Å²) in [5.74, 6) is 1.37. The summed E-state index contributed by atoms with van der Waals surface area (Å²) in [7, 11) is 5.12. The quantitative estimate of drug-likeness (QED) is 0.182. The number of nitrogens with zero attached hydrogens (tertiary/aromatic N) is 3. The van der Waals surface area contributed by atoms with Gasteiger partial charge in [-0.1, -0.05) is 59.6 Å². The topological polar surface area (TPSA) is 97.8 Å². The van der Waals surface area contributed by atoms with Crippen LogP contribution in [-0.2, 0) is 22.4 Å². The lowest BCUT2D eigenvalue weighted by Gasteiger charge is -2.42. The number of nitrogens with one attached hydrogen (secondary N) is 2. The minimum atomic E-state index is 0.110. The molecule has 2 aromatic heterocycles. The van der Waals surface area contributed by atoms with Crippen molar-refractivity contribution in [2.45, 2.75) is 62.8 Å². The summed E-state index contributed by atoms with van der Waals surface area (Å²) in [4.78, 5) is 24.1. The number of carbonyl (C=O) groups is 1. The van der Waals surface area contributed by atoms with E-state index in [1.54, 1.807) is 21.3 Å². The van der Waals surface area contributed by atoms with E-state index in [0.717, 1.165) is 90.9 Å². The molecule has 0 radical (unpaired) electrons. The zero-order chi connectivity index (χ0) is 34.5. The fourth-order valence-electron chi connectivity index (χ4n) is 8.21. The first-order valence-corrected chi connectivity index (χ1v) is 18.2. The number of halogens is 2. The zero-order valence-corrected chi connectivity index (χ0v) is 30.0. The lowest BCUT2D eigenvalue weighted by Crippen LogP contribution is -2.52. The molecular weight excluding hydrogens is 673 g/mol. The number of hydrogen-bond donors (Lipinski definition) is 2. The van der Waals surface area contributed by atoms with Crippen molar-refractivity contribution in [1.82, 2.24) is 25.5 Å². The van der Waals surface area contributed by atoms with E-state index in [1.165, 1.54) is 16.7 Å². The van der Waals surface area contributed by atoms with Crippen molar-refractivity contribution in [2.24, 2.45) is 0 Å². The third-order valence-electron chi connectivity index (χ3n) is 10.9. The van der Waals surface area contributed by atoms with Gasteiger partial charge in [-0.3, -0.25) is 9.69 Å². The molecule has 2 N–H and O–H groups in total. The Morgan fingerprint density at radius 1 is 0.800 bits per heavy atom. The van der Waals surface area contributed by atoms with Crippen LogP contribution in [0.15, 0.2) is 48.5 Å². The number of amides is 1. The van der Waals surface area contributed by atoms with Gasteiger partial charge in [0.25, 0.3) is 0 Å². The Labute approximate surface area is 302 Å². The first-order valence-electron chi connectivity index (χ1n) is 17.4. The number of pyridine rings is 2. The van der Waals surface area contributed by atoms with Crippen LogP contribution in [0.5, 0.6) is 11.8 Å². The molecule has 50 heavy (non-hydrogen) atoms. The van der Waals surface area contributed by atoms with Gasteiger partial charge in [0, 0.05) is 84.7 Å². The molecule has 4 aliphatic rings. The summed E-state index contributed by atoms with van der Waals surface area (Å²) in [6, 6.07) is 16.8. The van der Waals surface area contributed by atoms with Crippen molar-refractivity contribution < 1.29 is 19.0 Å². The van der Waals surface area contributed by atoms with Crippen molar-refractivity contribution in [3.05, 3.63) is 80.8 Å². The predicted molar refractivity (Wildman–Crippen MR) is 195 cm³/mol. The number of methoxy groups -OCH3 is 3. The van der Waals surface area contributed by atoms with E-state index >= 15 is 0 Å². The largest absolute Gasteiger partial charge is 0.481 e. The Morgan fingerprint density at radius 2 is 1.38 bits per heavy atom. The second kappa shape index (κ2) is 13.8. The van der Waals surface area contributed by atoms with Crippen LogP contribution in [0.25, 0.3) is 33.6 Å². The molecule has 2 aliphatic carbocycles. The van der Waals surface area contributed by atoms with Crippen molar-refractivity contribution in [3.63, 3.8) is 0 Å². The number of benzene rings is 2. The highest BCUT2D eigenvalue weighted by Gasteiger charge is 2.39. The molecule has 4 heterocycles. The monoisotopic (exact) mass is 713 g/mol. The Balaban J connectivity index is 1.09. The van der Waals surface area contributed by atoms with E-state index in [0.29, 0.717) is 28.2 Å². The average molecular weight is 715 g/mol. The maximum absolute atomic E-state index is 11.7. The number of ether oxygens (including phenoxy) is 3. The van der Waals surface area contributed by atoms with Crippen molar-refractivity contribution in [3.8, 4) is 45.4 Å². The van der Waals surface area contributed by atoms with Gasteiger partial charge in [-0.2, -0.15) is 0 Å². The van der Waals surface area contributed by atoms with Gasteiger partial charge in [-0.05, 0) is 55.4 Å². The summed E-state index contributed by atoms with van der Waals surface area (Å²) >= 11 is 14.5.